The molecule has 1 aromatic carbocycles. The minimum atomic E-state index is -0.330. The van der Waals surface area contributed by atoms with Crippen molar-refractivity contribution in [1.82, 2.24) is 5.32 Å². The van der Waals surface area contributed by atoms with Gasteiger partial charge in [0.25, 0.3) is 0 Å². The van der Waals surface area contributed by atoms with E-state index in [0.717, 1.165) is 19.4 Å². The number of hydrogen-bond acceptors (Lipinski definition) is 3. The number of phenolic OH excluding ortho intramolecular Hbond substituents is 1. The van der Waals surface area contributed by atoms with E-state index in [1.165, 1.54) is 19.2 Å². The zero-order valence-electron chi connectivity index (χ0n) is 8.59. The van der Waals surface area contributed by atoms with E-state index in [9.17, 15) is 9.50 Å². The highest BCUT2D eigenvalue weighted by Crippen LogP contribution is 2.34. The number of rotatable bonds is 2. The van der Waals surface area contributed by atoms with E-state index >= 15 is 0 Å². The van der Waals surface area contributed by atoms with Crippen molar-refractivity contribution in [2.24, 2.45) is 0 Å². The number of methoxy groups -OCH3 is 1. The van der Waals surface area contributed by atoms with E-state index in [4.69, 9.17) is 4.74 Å². The lowest BCUT2D eigenvalue weighted by molar-refractivity contribution is 0.368. The van der Waals surface area contributed by atoms with Gasteiger partial charge < -0.3 is 15.2 Å². The zero-order chi connectivity index (χ0) is 10.8. The molecule has 15 heavy (non-hydrogen) atoms. The lowest BCUT2D eigenvalue weighted by Crippen LogP contribution is -2.14. The van der Waals surface area contributed by atoms with Crippen LogP contribution < -0.4 is 10.1 Å². The molecule has 0 amide bonds. The Balaban J connectivity index is 2.35. The van der Waals surface area contributed by atoms with Crippen LogP contribution in [0.1, 0.15) is 24.4 Å². The summed E-state index contributed by atoms with van der Waals surface area (Å²) < 4.78 is 18.5. The second kappa shape index (κ2) is 4.06. The van der Waals surface area contributed by atoms with Gasteiger partial charge in [0.1, 0.15) is 5.82 Å². The quantitative estimate of drug-likeness (QED) is 0.785. The molecule has 0 aromatic heterocycles. The third kappa shape index (κ3) is 1.90. The van der Waals surface area contributed by atoms with Crippen LogP contribution in [0, 0.1) is 5.82 Å². The van der Waals surface area contributed by atoms with Crippen LogP contribution in [0.5, 0.6) is 11.5 Å². The fourth-order valence-corrected chi connectivity index (χ4v) is 1.94. The van der Waals surface area contributed by atoms with Crippen molar-refractivity contribution in [2.75, 3.05) is 13.7 Å². The maximum absolute atomic E-state index is 13.6. The van der Waals surface area contributed by atoms with Crippen LogP contribution in [0.3, 0.4) is 0 Å². The fraction of sp³-hybridized carbons (Fsp3) is 0.455. The number of hydrogen-bond donors (Lipinski definition) is 2. The molecule has 2 N–H and O–H groups in total. The van der Waals surface area contributed by atoms with Crippen molar-refractivity contribution in [3.05, 3.63) is 23.5 Å². The van der Waals surface area contributed by atoms with Crippen LogP contribution in [-0.4, -0.2) is 18.8 Å². The molecular weight excluding hydrogens is 197 g/mol. The molecule has 82 valence electrons. The molecule has 0 radical (unpaired) electrons. The molecule has 1 fully saturated rings. The highest BCUT2D eigenvalue weighted by molar-refractivity contribution is 5.43. The van der Waals surface area contributed by atoms with E-state index < -0.39 is 0 Å². The smallest absolute Gasteiger partial charge is 0.163 e. The first-order valence-electron chi connectivity index (χ1n) is 5.02. The van der Waals surface area contributed by atoms with Crippen molar-refractivity contribution < 1.29 is 14.2 Å². The molecule has 0 bridgehead atoms. The van der Waals surface area contributed by atoms with E-state index in [1.807, 2.05) is 0 Å². The van der Waals surface area contributed by atoms with Gasteiger partial charge in [-0.2, -0.15) is 0 Å². The summed E-state index contributed by atoms with van der Waals surface area (Å²) in [5.74, 6) is -0.166. The molecule has 1 heterocycles. The van der Waals surface area contributed by atoms with Gasteiger partial charge in [-0.25, -0.2) is 4.39 Å². The molecule has 2 rings (SSSR count). The first-order chi connectivity index (χ1) is 7.22. The highest BCUT2D eigenvalue weighted by Gasteiger charge is 2.21. The minimum absolute atomic E-state index is 0.0115. The lowest BCUT2D eigenvalue weighted by atomic mass is 10.0. The summed E-state index contributed by atoms with van der Waals surface area (Å²) in [5, 5.41) is 12.7. The maximum atomic E-state index is 13.6. The molecule has 1 atom stereocenters. The van der Waals surface area contributed by atoms with Crippen LogP contribution in [0.4, 0.5) is 4.39 Å². The Morgan fingerprint density at radius 1 is 1.53 bits per heavy atom. The Morgan fingerprint density at radius 2 is 2.33 bits per heavy atom. The second-order valence-electron chi connectivity index (χ2n) is 3.69. The predicted molar refractivity (Wildman–Crippen MR) is 54.6 cm³/mol. The first kappa shape index (κ1) is 10.2. The molecule has 0 spiro atoms. The van der Waals surface area contributed by atoms with Gasteiger partial charge in [-0.05, 0) is 25.5 Å². The van der Waals surface area contributed by atoms with Crippen LogP contribution in [-0.2, 0) is 0 Å². The van der Waals surface area contributed by atoms with Crippen LogP contribution in [0.25, 0.3) is 0 Å². The van der Waals surface area contributed by atoms with E-state index in [0.29, 0.717) is 5.56 Å². The normalized spacial score (nSPS) is 20.5. The molecule has 0 aliphatic carbocycles. The van der Waals surface area contributed by atoms with E-state index in [-0.39, 0.29) is 23.4 Å². The van der Waals surface area contributed by atoms with E-state index in [1.54, 1.807) is 0 Å². The number of benzene rings is 1. The molecule has 0 saturated carbocycles. The van der Waals surface area contributed by atoms with Crippen molar-refractivity contribution in [3.63, 3.8) is 0 Å². The first-order valence-corrected chi connectivity index (χ1v) is 5.02. The van der Waals surface area contributed by atoms with Gasteiger partial charge >= 0.3 is 0 Å². The number of nitrogens with one attached hydrogen (secondary N) is 1. The van der Waals surface area contributed by atoms with Crippen LogP contribution in [0.15, 0.2) is 12.1 Å². The number of aromatic hydroxyl groups is 1. The predicted octanol–water partition coefficient (Wildman–Crippen LogP) is 1.96. The average Bonchev–Trinajstić information content (AvgIpc) is 2.74. The number of halogens is 1. The molecule has 1 unspecified atom stereocenters. The fourth-order valence-electron chi connectivity index (χ4n) is 1.94. The third-order valence-electron chi connectivity index (χ3n) is 2.73. The van der Waals surface area contributed by atoms with Gasteiger partial charge in [-0.15, -0.1) is 0 Å². The summed E-state index contributed by atoms with van der Waals surface area (Å²) in [7, 11) is 1.40. The molecule has 4 heteroatoms. The average molecular weight is 211 g/mol. The Bertz CT molecular complexity index is 362. The highest BCUT2D eigenvalue weighted by atomic mass is 19.1. The topological polar surface area (TPSA) is 41.5 Å². The van der Waals surface area contributed by atoms with Gasteiger partial charge in [-0.3, -0.25) is 0 Å². The molecule has 1 saturated heterocycles. The van der Waals surface area contributed by atoms with E-state index in [2.05, 4.69) is 5.32 Å². The van der Waals surface area contributed by atoms with Gasteiger partial charge in [0.05, 0.1) is 7.11 Å². The van der Waals surface area contributed by atoms with Crippen molar-refractivity contribution in [2.45, 2.75) is 18.9 Å². The summed E-state index contributed by atoms with van der Waals surface area (Å²) >= 11 is 0. The van der Waals surface area contributed by atoms with Gasteiger partial charge in [-0.1, -0.05) is 0 Å². The third-order valence-corrected chi connectivity index (χ3v) is 2.73. The van der Waals surface area contributed by atoms with Gasteiger partial charge in [0.15, 0.2) is 11.5 Å². The maximum Gasteiger partial charge on any atom is 0.163 e. The summed E-state index contributed by atoms with van der Waals surface area (Å²) in [4.78, 5) is 0. The molecular formula is C11H14FNO2. The van der Waals surface area contributed by atoms with Crippen LogP contribution in [0.2, 0.25) is 0 Å². The minimum Gasteiger partial charge on any atom is -0.504 e. The van der Waals surface area contributed by atoms with Crippen molar-refractivity contribution >= 4 is 0 Å². The Hall–Kier alpha value is -1.29. The zero-order valence-corrected chi connectivity index (χ0v) is 8.59. The van der Waals surface area contributed by atoms with Crippen molar-refractivity contribution in [1.29, 1.82) is 0 Å². The molecule has 1 aromatic rings. The lowest BCUT2D eigenvalue weighted by Gasteiger charge is -2.13. The molecule has 1 aliphatic rings. The Labute approximate surface area is 87.9 Å². The largest absolute Gasteiger partial charge is 0.504 e. The summed E-state index contributed by atoms with van der Waals surface area (Å²) in [5.41, 5.74) is 0.519. The van der Waals surface area contributed by atoms with Crippen molar-refractivity contribution in [3.8, 4) is 11.5 Å². The summed E-state index contributed by atoms with van der Waals surface area (Å²) in [6, 6.07) is 2.68. The van der Waals surface area contributed by atoms with Crippen LogP contribution >= 0.6 is 0 Å². The SMILES string of the molecule is COc1cc(F)c(C2CCCN2)cc1O. The summed E-state index contributed by atoms with van der Waals surface area (Å²) in [6.45, 7) is 0.900. The summed E-state index contributed by atoms with van der Waals surface area (Å²) in [6.07, 6.45) is 1.94. The van der Waals surface area contributed by atoms with Gasteiger partial charge in [0, 0.05) is 17.7 Å². The molecule has 1 aliphatic heterocycles. The monoisotopic (exact) mass is 211 g/mol. The second-order valence-corrected chi connectivity index (χ2v) is 3.69. The molecule has 3 nitrogen and oxygen atoms in total. The number of ether oxygens (including phenoxy) is 1. The Morgan fingerprint density at radius 3 is 2.93 bits per heavy atom. The number of phenols is 1. The van der Waals surface area contributed by atoms with Gasteiger partial charge in [0.2, 0.25) is 0 Å². The standard InChI is InChI=1S/C11H14FNO2/c1-15-11-6-8(12)7(5-10(11)14)9-3-2-4-13-9/h5-6,9,13-14H,2-4H2,1H3. The Kier molecular flexibility index (Phi) is 2.77.